The van der Waals surface area contributed by atoms with Crippen molar-refractivity contribution in [3.63, 3.8) is 0 Å². The van der Waals surface area contributed by atoms with Crippen LogP contribution in [0.5, 0.6) is 5.88 Å². The van der Waals surface area contributed by atoms with Gasteiger partial charge in [-0.2, -0.15) is 0 Å². The number of nitrogens with zero attached hydrogens (tertiary/aromatic N) is 3. The van der Waals surface area contributed by atoms with E-state index in [-0.39, 0.29) is 17.4 Å². The molecule has 2 fully saturated rings. The van der Waals surface area contributed by atoms with Gasteiger partial charge in [0, 0.05) is 40.0 Å². The molecule has 0 aromatic carbocycles. The Labute approximate surface area is 154 Å². The molecule has 3 rings (SSSR count). The van der Waals surface area contributed by atoms with Gasteiger partial charge < -0.3 is 14.4 Å². The monoisotopic (exact) mass is 365 g/mol. The zero-order valence-corrected chi connectivity index (χ0v) is 15.6. The Morgan fingerprint density at radius 2 is 2.23 bits per heavy atom. The van der Waals surface area contributed by atoms with Crippen molar-refractivity contribution < 1.29 is 18.7 Å². The smallest absolute Gasteiger partial charge is 0.250 e. The molecule has 6 nitrogen and oxygen atoms in total. The number of pyridine rings is 1. The molecule has 1 aromatic heterocycles. The Hall–Kier alpha value is -1.73. The zero-order chi connectivity index (χ0) is 18.6. The van der Waals surface area contributed by atoms with Crippen LogP contribution in [0.15, 0.2) is 18.3 Å². The van der Waals surface area contributed by atoms with E-state index in [4.69, 9.17) is 9.47 Å². The number of carbonyl (C=O) groups is 1. The summed E-state index contributed by atoms with van der Waals surface area (Å²) in [5.74, 6) is 0.179. The third-order valence-corrected chi connectivity index (χ3v) is 5.59. The summed E-state index contributed by atoms with van der Waals surface area (Å²) in [7, 11) is 3.57. The maximum atomic E-state index is 13.6. The van der Waals surface area contributed by atoms with Gasteiger partial charge in [0.1, 0.15) is 0 Å². The lowest BCUT2D eigenvalue weighted by Crippen LogP contribution is -2.50. The minimum Gasteiger partial charge on any atom is -0.476 e. The lowest BCUT2D eigenvalue weighted by molar-refractivity contribution is -0.131. The fraction of sp³-hybridized carbons (Fsp3) is 0.684. The standard InChI is InChI=1S/C19H28FN3O3/c1-22(2)17(24)14-23-10-7-19(8-11-23)15(6-13-26-19)5-12-25-18-16(20)4-3-9-21-18/h3-4,9,15H,5-8,10-14H2,1-2H3. The van der Waals surface area contributed by atoms with Crippen LogP contribution in [0.4, 0.5) is 4.39 Å². The van der Waals surface area contributed by atoms with Crippen molar-refractivity contribution in [2.45, 2.75) is 31.3 Å². The summed E-state index contributed by atoms with van der Waals surface area (Å²) < 4.78 is 25.3. The first kappa shape index (κ1) is 19.0. The summed E-state index contributed by atoms with van der Waals surface area (Å²) in [5.41, 5.74) is -0.121. The third-order valence-electron chi connectivity index (χ3n) is 5.59. The van der Waals surface area contributed by atoms with Gasteiger partial charge in [-0.05, 0) is 43.7 Å². The molecule has 1 spiro atoms. The van der Waals surface area contributed by atoms with Crippen molar-refractivity contribution in [1.29, 1.82) is 0 Å². The second-order valence-corrected chi connectivity index (χ2v) is 7.39. The van der Waals surface area contributed by atoms with E-state index >= 15 is 0 Å². The van der Waals surface area contributed by atoms with Gasteiger partial charge in [0.25, 0.3) is 0 Å². The van der Waals surface area contributed by atoms with Crippen LogP contribution in [0.1, 0.15) is 25.7 Å². The molecule has 144 valence electrons. The molecular formula is C19H28FN3O3. The van der Waals surface area contributed by atoms with Crippen molar-refractivity contribution in [2.75, 3.05) is 46.9 Å². The van der Waals surface area contributed by atoms with Gasteiger partial charge in [-0.25, -0.2) is 9.37 Å². The first-order valence-corrected chi connectivity index (χ1v) is 9.30. The molecule has 0 aliphatic carbocycles. The fourth-order valence-corrected chi connectivity index (χ4v) is 3.94. The molecule has 0 radical (unpaired) electrons. The second-order valence-electron chi connectivity index (χ2n) is 7.39. The topological polar surface area (TPSA) is 54.9 Å². The van der Waals surface area contributed by atoms with Crippen molar-refractivity contribution in [2.24, 2.45) is 5.92 Å². The molecule has 1 atom stereocenters. The third kappa shape index (κ3) is 4.32. The van der Waals surface area contributed by atoms with Crippen LogP contribution in [-0.2, 0) is 9.53 Å². The Morgan fingerprint density at radius 1 is 1.46 bits per heavy atom. The van der Waals surface area contributed by atoms with Gasteiger partial charge in [0.2, 0.25) is 11.8 Å². The molecule has 1 aromatic rings. The number of carbonyl (C=O) groups excluding carboxylic acids is 1. The largest absolute Gasteiger partial charge is 0.476 e. The predicted octanol–water partition coefficient (Wildman–Crippen LogP) is 1.95. The Bertz CT molecular complexity index is 618. The molecule has 0 bridgehead atoms. The number of hydrogen-bond donors (Lipinski definition) is 0. The quantitative estimate of drug-likeness (QED) is 0.771. The number of hydrogen-bond acceptors (Lipinski definition) is 5. The molecule has 0 saturated carbocycles. The first-order chi connectivity index (χ1) is 12.5. The van der Waals surface area contributed by atoms with Gasteiger partial charge in [0.05, 0.1) is 18.8 Å². The van der Waals surface area contributed by atoms with Gasteiger partial charge in [0.15, 0.2) is 5.82 Å². The van der Waals surface area contributed by atoms with Crippen LogP contribution in [0.25, 0.3) is 0 Å². The molecule has 1 amide bonds. The summed E-state index contributed by atoms with van der Waals surface area (Å²) >= 11 is 0. The van der Waals surface area contributed by atoms with Crippen molar-refractivity contribution in [1.82, 2.24) is 14.8 Å². The number of piperidine rings is 1. The zero-order valence-electron chi connectivity index (χ0n) is 15.6. The second kappa shape index (κ2) is 8.31. The van der Waals surface area contributed by atoms with E-state index in [9.17, 15) is 9.18 Å². The van der Waals surface area contributed by atoms with Gasteiger partial charge >= 0.3 is 0 Å². The van der Waals surface area contributed by atoms with Crippen molar-refractivity contribution in [3.05, 3.63) is 24.1 Å². The van der Waals surface area contributed by atoms with Crippen LogP contribution in [0.3, 0.4) is 0 Å². The van der Waals surface area contributed by atoms with Crippen LogP contribution < -0.4 is 4.74 Å². The summed E-state index contributed by atoms with van der Waals surface area (Å²) in [6.45, 7) is 3.40. The molecule has 3 heterocycles. The van der Waals surface area contributed by atoms with E-state index in [1.807, 2.05) is 0 Å². The Balaban J connectivity index is 1.49. The molecular weight excluding hydrogens is 337 g/mol. The van der Waals surface area contributed by atoms with Crippen LogP contribution >= 0.6 is 0 Å². The highest BCUT2D eigenvalue weighted by Crippen LogP contribution is 2.42. The summed E-state index contributed by atoms with van der Waals surface area (Å²) in [6.07, 6.45) is 5.22. The molecule has 2 saturated heterocycles. The Kier molecular flexibility index (Phi) is 6.09. The molecule has 0 N–H and O–H groups in total. The van der Waals surface area contributed by atoms with E-state index in [0.29, 0.717) is 19.1 Å². The molecule has 2 aliphatic heterocycles. The van der Waals surface area contributed by atoms with Crippen molar-refractivity contribution in [3.8, 4) is 5.88 Å². The maximum absolute atomic E-state index is 13.6. The number of aromatic nitrogens is 1. The molecule has 7 heteroatoms. The molecule has 26 heavy (non-hydrogen) atoms. The SMILES string of the molecule is CN(C)C(=O)CN1CCC2(CC1)OCCC2CCOc1ncccc1F. The van der Waals surface area contributed by atoms with E-state index in [1.54, 1.807) is 25.1 Å². The average molecular weight is 365 g/mol. The predicted molar refractivity (Wildman–Crippen MR) is 95.5 cm³/mol. The molecule has 1 unspecified atom stereocenters. The van der Waals surface area contributed by atoms with E-state index < -0.39 is 5.82 Å². The summed E-state index contributed by atoms with van der Waals surface area (Å²) in [6, 6.07) is 2.91. The summed E-state index contributed by atoms with van der Waals surface area (Å²) in [4.78, 5) is 19.7. The van der Waals surface area contributed by atoms with Gasteiger partial charge in [-0.15, -0.1) is 0 Å². The lowest BCUT2D eigenvalue weighted by atomic mass is 9.78. The highest BCUT2D eigenvalue weighted by molar-refractivity contribution is 5.77. The number of halogens is 1. The first-order valence-electron chi connectivity index (χ1n) is 9.30. The minimum absolute atomic E-state index is 0.0671. The number of likely N-dealkylation sites (tertiary alicyclic amines) is 1. The highest BCUT2D eigenvalue weighted by atomic mass is 19.1. The fourth-order valence-electron chi connectivity index (χ4n) is 3.94. The maximum Gasteiger partial charge on any atom is 0.250 e. The molecule has 2 aliphatic rings. The van der Waals surface area contributed by atoms with Crippen LogP contribution in [0, 0.1) is 11.7 Å². The van der Waals surface area contributed by atoms with E-state index in [0.717, 1.165) is 45.4 Å². The number of ether oxygens (including phenoxy) is 2. The van der Waals surface area contributed by atoms with Gasteiger partial charge in [-0.1, -0.05) is 0 Å². The lowest BCUT2D eigenvalue weighted by Gasteiger charge is -2.42. The minimum atomic E-state index is -0.427. The van der Waals surface area contributed by atoms with Crippen LogP contribution in [-0.4, -0.2) is 73.2 Å². The Morgan fingerprint density at radius 3 is 2.92 bits per heavy atom. The van der Waals surface area contributed by atoms with E-state index in [2.05, 4.69) is 9.88 Å². The van der Waals surface area contributed by atoms with Gasteiger partial charge in [-0.3, -0.25) is 9.69 Å². The van der Waals surface area contributed by atoms with E-state index in [1.165, 1.54) is 12.3 Å². The number of likely N-dealkylation sites (N-methyl/N-ethyl adjacent to an activating group) is 1. The average Bonchev–Trinajstić information content (AvgIpc) is 3.01. The highest BCUT2D eigenvalue weighted by Gasteiger charge is 2.46. The normalized spacial score (nSPS) is 22.5. The van der Waals surface area contributed by atoms with Crippen molar-refractivity contribution >= 4 is 5.91 Å². The van der Waals surface area contributed by atoms with Crippen LogP contribution in [0.2, 0.25) is 0 Å². The summed E-state index contributed by atoms with van der Waals surface area (Å²) in [5, 5.41) is 0. The number of amides is 1. The number of rotatable bonds is 6.